The summed E-state index contributed by atoms with van der Waals surface area (Å²) in [6.45, 7) is 8.85. The molecule has 0 amide bonds. The van der Waals surface area contributed by atoms with E-state index < -0.39 is 12.2 Å². The first-order valence-electron chi connectivity index (χ1n) is 8.02. The van der Waals surface area contributed by atoms with Crippen molar-refractivity contribution in [2.75, 3.05) is 59.5 Å². The second-order valence-corrected chi connectivity index (χ2v) is 5.75. The van der Waals surface area contributed by atoms with Gasteiger partial charge in [-0.2, -0.15) is 0 Å². The van der Waals surface area contributed by atoms with Gasteiger partial charge < -0.3 is 33.9 Å². The zero-order chi connectivity index (χ0) is 16.9. The molecule has 1 rings (SSSR count). The van der Waals surface area contributed by atoms with Gasteiger partial charge in [0.1, 0.15) is 18.3 Å². The van der Waals surface area contributed by atoms with Crippen molar-refractivity contribution in [3.63, 3.8) is 0 Å². The summed E-state index contributed by atoms with van der Waals surface area (Å²) in [6, 6.07) is 0. The summed E-state index contributed by atoms with van der Waals surface area (Å²) in [5.74, 6) is 0.242. The van der Waals surface area contributed by atoms with E-state index in [9.17, 15) is 10.2 Å². The smallest absolute Gasteiger partial charge is 0.104 e. The normalized spacial score (nSPS) is 19.2. The van der Waals surface area contributed by atoms with E-state index in [1.54, 1.807) is 6.08 Å². The van der Waals surface area contributed by atoms with Crippen LogP contribution in [-0.2, 0) is 23.7 Å². The Labute approximate surface area is 153 Å². The predicted octanol–water partition coefficient (Wildman–Crippen LogP) is 0.251. The zero-order valence-corrected chi connectivity index (χ0v) is 14.5. The summed E-state index contributed by atoms with van der Waals surface area (Å²) in [5.41, 5.74) is 0. The van der Waals surface area contributed by atoms with Crippen LogP contribution in [0.3, 0.4) is 0 Å². The average Bonchev–Trinajstić information content (AvgIpc) is 3.35. The third kappa shape index (κ3) is 15.5. The molecule has 1 fully saturated rings. The molecule has 147 valence electrons. The molecule has 1 heterocycles. The molecule has 1 saturated heterocycles. The van der Waals surface area contributed by atoms with Crippen LogP contribution in [0.5, 0.6) is 0 Å². The van der Waals surface area contributed by atoms with Crippen LogP contribution in [0, 0.1) is 5.92 Å². The summed E-state index contributed by atoms with van der Waals surface area (Å²) in [6.07, 6.45) is 0.700. The fraction of sp³-hybridized carbons (Fsp3) is 0.882. The molecule has 0 aliphatic carbocycles. The maximum absolute atomic E-state index is 9.81. The van der Waals surface area contributed by atoms with Crippen molar-refractivity contribution < 1.29 is 33.9 Å². The highest BCUT2D eigenvalue weighted by Crippen LogP contribution is 2.09. The second-order valence-electron chi connectivity index (χ2n) is 5.75. The molecule has 0 bridgehead atoms. The molecule has 2 N–H and O–H groups in total. The predicted molar refractivity (Wildman–Crippen MR) is 96.9 cm³/mol. The first kappa shape index (κ1) is 26.8. The van der Waals surface area contributed by atoms with Gasteiger partial charge in [0.2, 0.25) is 0 Å². The van der Waals surface area contributed by atoms with E-state index in [0.717, 1.165) is 6.61 Å². The summed E-state index contributed by atoms with van der Waals surface area (Å²) < 4.78 is 26.5. The lowest BCUT2D eigenvalue weighted by molar-refractivity contribution is -0.0862. The summed E-state index contributed by atoms with van der Waals surface area (Å²) in [4.78, 5) is 0. The molecule has 8 heteroatoms. The maximum atomic E-state index is 9.81. The minimum Gasteiger partial charge on any atom is -0.394 e. The first-order valence-corrected chi connectivity index (χ1v) is 8.02. The molecular formula is C17H34BO7. The van der Waals surface area contributed by atoms with Crippen molar-refractivity contribution in [3.8, 4) is 0 Å². The van der Waals surface area contributed by atoms with Crippen molar-refractivity contribution >= 4 is 8.41 Å². The lowest BCUT2D eigenvalue weighted by Crippen LogP contribution is -2.31. The molecular weight excluding hydrogens is 327 g/mol. The quantitative estimate of drug-likeness (QED) is 0.176. The molecule has 0 aromatic carbocycles. The standard InChI is InChI=1S/C16H30O7.CH4.B/c1-3-4-19-6-13(2)7-20-8-14(18)9-22-15(5-17)10-21-11-16-12-23-16;;/h3,13-18H,1,4-12H2,2H3;1H4;. The number of epoxide rings is 1. The van der Waals surface area contributed by atoms with Crippen LogP contribution >= 0.6 is 0 Å². The first-order chi connectivity index (χ1) is 11.2. The van der Waals surface area contributed by atoms with Gasteiger partial charge in [0, 0.05) is 14.3 Å². The molecule has 4 unspecified atom stereocenters. The van der Waals surface area contributed by atoms with Gasteiger partial charge in [0.15, 0.2) is 0 Å². The van der Waals surface area contributed by atoms with Gasteiger partial charge in [-0.3, -0.25) is 0 Å². The highest BCUT2D eigenvalue weighted by Gasteiger charge is 2.23. The van der Waals surface area contributed by atoms with Crippen LogP contribution in [0.15, 0.2) is 12.7 Å². The molecule has 1 aliphatic heterocycles. The Morgan fingerprint density at radius 2 is 1.84 bits per heavy atom. The van der Waals surface area contributed by atoms with Gasteiger partial charge in [0.25, 0.3) is 0 Å². The Balaban J connectivity index is 0. The molecule has 0 spiro atoms. The van der Waals surface area contributed by atoms with Crippen LogP contribution in [0.2, 0.25) is 0 Å². The third-order valence-electron chi connectivity index (χ3n) is 3.09. The van der Waals surface area contributed by atoms with Crippen molar-refractivity contribution in [1.29, 1.82) is 0 Å². The number of rotatable bonds is 16. The SMILES string of the molecule is C.C=CCOCC(C)COCC(O)COC(CO)COCC1CO1.[B]. The molecule has 7 nitrogen and oxygen atoms in total. The van der Waals surface area contributed by atoms with Crippen LogP contribution in [-0.4, -0.2) is 96.4 Å². The number of ether oxygens (including phenoxy) is 5. The van der Waals surface area contributed by atoms with Crippen LogP contribution in [0.4, 0.5) is 0 Å². The number of aliphatic hydroxyl groups is 2. The molecule has 0 aromatic heterocycles. The monoisotopic (exact) mass is 361 g/mol. The van der Waals surface area contributed by atoms with E-state index in [0.29, 0.717) is 26.4 Å². The van der Waals surface area contributed by atoms with E-state index in [4.69, 9.17) is 23.7 Å². The van der Waals surface area contributed by atoms with E-state index in [2.05, 4.69) is 6.58 Å². The van der Waals surface area contributed by atoms with Crippen molar-refractivity contribution in [3.05, 3.63) is 12.7 Å². The maximum Gasteiger partial charge on any atom is 0.104 e. The fourth-order valence-corrected chi connectivity index (χ4v) is 1.75. The highest BCUT2D eigenvalue weighted by atomic mass is 16.6. The minimum atomic E-state index is -0.739. The summed E-state index contributed by atoms with van der Waals surface area (Å²) >= 11 is 0. The lowest BCUT2D eigenvalue weighted by atomic mass is 10.2. The lowest BCUT2D eigenvalue weighted by Gasteiger charge is -2.19. The molecule has 4 atom stereocenters. The minimum absolute atomic E-state index is 0. The molecule has 25 heavy (non-hydrogen) atoms. The Hall–Kier alpha value is -0.475. The highest BCUT2D eigenvalue weighted by molar-refractivity contribution is 5.75. The largest absolute Gasteiger partial charge is 0.394 e. The topological polar surface area (TPSA) is 89.9 Å². The molecule has 0 aromatic rings. The van der Waals surface area contributed by atoms with E-state index in [-0.39, 0.29) is 54.3 Å². The van der Waals surface area contributed by atoms with E-state index in [1.165, 1.54) is 0 Å². The average molecular weight is 361 g/mol. The van der Waals surface area contributed by atoms with Crippen LogP contribution in [0.1, 0.15) is 14.4 Å². The van der Waals surface area contributed by atoms with Crippen LogP contribution in [0.25, 0.3) is 0 Å². The van der Waals surface area contributed by atoms with Crippen molar-refractivity contribution in [2.45, 2.75) is 32.7 Å². The Bertz CT molecular complexity index is 303. The van der Waals surface area contributed by atoms with Gasteiger partial charge in [-0.25, -0.2) is 0 Å². The molecule has 1 aliphatic rings. The van der Waals surface area contributed by atoms with Gasteiger partial charge in [-0.15, -0.1) is 6.58 Å². The zero-order valence-electron chi connectivity index (χ0n) is 14.5. The van der Waals surface area contributed by atoms with Gasteiger partial charge >= 0.3 is 0 Å². The van der Waals surface area contributed by atoms with E-state index in [1.807, 2.05) is 6.92 Å². The Kier molecular flexibility index (Phi) is 18.2. The van der Waals surface area contributed by atoms with Gasteiger partial charge in [0.05, 0.1) is 59.5 Å². The van der Waals surface area contributed by atoms with E-state index >= 15 is 0 Å². The third-order valence-corrected chi connectivity index (χ3v) is 3.09. The molecule has 3 radical (unpaired) electrons. The summed E-state index contributed by atoms with van der Waals surface area (Å²) in [5, 5.41) is 19.0. The van der Waals surface area contributed by atoms with Gasteiger partial charge in [-0.1, -0.05) is 20.4 Å². The van der Waals surface area contributed by atoms with Crippen LogP contribution < -0.4 is 0 Å². The number of hydrogen-bond acceptors (Lipinski definition) is 7. The van der Waals surface area contributed by atoms with Crippen molar-refractivity contribution in [2.24, 2.45) is 5.92 Å². The van der Waals surface area contributed by atoms with Crippen molar-refractivity contribution in [1.82, 2.24) is 0 Å². The number of hydrogen-bond donors (Lipinski definition) is 2. The Morgan fingerprint density at radius 3 is 2.44 bits per heavy atom. The van der Waals surface area contributed by atoms with Gasteiger partial charge in [-0.05, 0) is 0 Å². The second kappa shape index (κ2) is 17.0. The fourth-order valence-electron chi connectivity index (χ4n) is 1.75. The Morgan fingerprint density at radius 1 is 1.16 bits per heavy atom. The summed E-state index contributed by atoms with van der Waals surface area (Å²) in [7, 11) is 0. The number of aliphatic hydroxyl groups excluding tert-OH is 2. The molecule has 0 saturated carbocycles.